The molecule has 1 heterocycles. The molecule has 3 aliphatic carbocycles. The van der Waals surface area contributed by atoms with E-state index in [0.29, 0.717) is 24.0 Å². The number of hydrogen-bond donors (Lipinski definition) is 0. The van der Waals surface area contributed by atoms with E-state index in [-0.39, 0.29) is 46.9 Å². The van der Waals surface area contributed by atoms with Crippen LogP contribution >= 0.6 is 37.2 Å². The zero-order valence-corrected chi connectivity index (χ0v) is 22.3. The van der Waals surface area contributed by atoms with Crippen molar-refractivity contribution >= 4 is 55.0 Å². The van der Waals surface area contributed by atoms with E-state index in [1.54, 1.807) is 0 Å². The highest BCUT2D eigenvalue weighted by Gasteiger charge is 2.63. The summed E-state index contributed by atoms with van der Waals surface area (Å²) in [6, 6.07) is 0. The van der Waals surface area contributed by atoms with E-state index in [4.69, 9.17) is 9.47 Å². The lowest BCUT2D eigenvalue weighted by atomic mass is 9.63. The van der Waals surface area contributed by atoms with Crippen molar-refractivity contribution < 1.29 is 23.9 Å². The molecule has 0 aromatic rings. The Morgan fingerprint density at radius 1 is 1.30 bits per heavy atom. The summed E-state index contributed by atoms with van der Waals surface area (Å²) >= 11 is 4.24. The third-order valence-electron chi connectivity index (χ3n) is 7.35. The Kier molecular flexibility index (Phi) is 6.92. The summed E-state index contributed by atoms with van der Waals surface area (Å²) in [4.78, 5) is 39.3. The van der Waals surface area contributed by atoms with Gasteiger partial charge < -0.3 is 9.47 Å². The Morgan fingerprint density at radius 3 is 2.50 bits per heavy atom. The van der Waals surface area contributed by atoms with Gasteiger partial charge in [0.05, 0.1) is 13.0 Å². The fourth-order valence-electron chi connectivity index (χ4n) is 6.18. The summed E-state index contributed by atoms with van der Waals surface area (Å²) in [6.45, 7) is 12.1. The van der Waals surface area contributed by atoms with E-state index in [2.05, 4.69) is 57.7 Å². The molecule has 0 aromatic carbocycles. The first-order chi connectivity index (χ1) is 14.1. The minimum absolute atomic E-state index is 0.00337. The second kappa shape index (κ2) is 8.67. The quantitative estimate of drug-likeness (QED) is 0.237. The molecule has 0 aromatic heterocycles. The summed E-state index contributed by atoms with van der Waals surface area (Å²) in [5.41, 5.74) is 2.63. The van der Waals surface area contributed by atoms with Crippen LogP contribution in [0.5, 0.6) is 0 Å². The van der Waals surface area contributed by atoms with Crippen molar-refractivity contribution in [3.63, 3.8) is 0 Å². The van der Waals surface area contributed by atoms with Crippen LogP contribution in [0.2, 0.25) is 0 Å². The molecule has 1 aliphatic heterocycles. The number of ketones is 1. The highest BCUT2D eigenvalue weighted by Crippen LogP contribution is 2.59. The largest absolute Gasteiger partial charge is 0.466 e. The van der Waals surface area contributed by atoms with Crippen LogP contribution in [-0.4, -0.2) is 30.9 Å². The van der Waals surface area contributed by atoms with Gasteiger partial charge in [0.1, 0.15) is 11.9 Å². The Bertz CT molecular complexity index is 869. The predicted molar refractivity (Wildman–Crippen MR) is 131 cm³/mol. The number of halogens is 2. The molecule has 6 atom stereocenters. The minimum Gasteiger partial charge on any atom is -0.466 e. The van der Waals surface area contributed by atoms with Gasteiger partial charge in [-0.2, -0.15) is 0 Å². The molecule has 0 spiro atoms. The first kappa shape index (κ1) is 23.9. The summed E-state index contributed by atoms with van der Waals surface area (Å²) in [6.07, 6.45) is 2.98. The van der Waals surface area contributed by atoms with Crippen LogP contribution in [0.1, 0.15) is 40.5 Å². The summed E-state index contributed by atoms with van der Waals surface area (Å²) < 4.78 is 10.7. The third kappa shape index (κ3) is 3.61. The first-order valence-electron chi connectivity index (χ1n) is 10.1. The van der Waals surface area contributed by atoms with Crippen molar-refractivity contribution in [1.29, 1.82) is 0 Å². The maximum Gasteiger partial charge on any atom is 0.334 e. The molecular formula is C23H28I2O5. The zero-order valence-electron chi connectivity index (χ0n) is 18.0. The van der Waals surface area contributed by atoms with E-state index in [1.807, 2.05) is 19.9 Å². The molecule has 0 N–H and O–H groups in total. The number of esters is 2. The maximum absolute atomic E-state index is 14.0. The molecule has 164 valence electrons. The molecule has 6 unspecified atom stereocenters. The first-order valence-corrected chi connectivity index (χ1v) is 16.4. The highest BCUT2D eigenvalue weighted by atomic mass is 128. The van der Waals surface area contributed by atoms with E-state index in [0.717, 1.165) is 11.1 Å². The van der Waals surface area contributed by atoms with Crippen molar-refractivity contribution in [3.05, 3.63) is 34.9 Å². The minimum atomic E-state index is -0.600. The van der Waals surface area contributed by atoms with Crippen molar-refractivity contribution in [2.75, 3.05) is 7.11 Å². The van der Waals surface area contributed by atoms with E-state index >= 15 is 0 Å². The SMILES string of the molecule is C=C(C)C1CC(C)=C(C(=O)OC)C2C(=O)C3C4C(=CC12)C(=O)OC4CC3(C)C.II. The van der Waals surface area contributed by atoms with Crippen LogP contribution in [0.15, 0.2) is 34.9 Å². The van der Waals surface area contributed by atoms with Gasteiger partial charge in [0.25, 0.3) is 0 Å². The van der Waals surface area contributed by atoms with Crippen molar-refractivity contribution in [1.82, 2.24) is 0 Å². The molecule has 30 heavy (non-hydrogen) atoms. The van der Waals surface area contributed by atoms with Gasteiger partial charge in [0.15, 0.2) is 0 Å². The number of ether oxygens (including phenoxy) is 2. The number of Topliss-reactive ketones (excluding diaryl/α,β-unsaturated/α-hetero) is 1. The molecule has 4 aliphatic rings. The lowest BCUT2D eigenvalue weighted by molar-refractivity contribution is -0.140. The van der Waals surface area contributed by atoms with Crippen LogP contribution < -0.4 is 0 Å². The lowest BCUT2D eigenvalue weighted by Gasteiger charge is -2.39. The van der Waals surface area contributed by atoms with Crippen LogP contribution in [0.25, 0.3) is 0 Å². The Balaban J connectivity index is 0.00000124. The standard InChI is InChI=1S/C23H28O5.I2/c1-10(2)12-7-11(3)16(22(26)27-6)18-13(12)8-14-17-15(28-21(14)25)9-23(4,5)19(17)20(18)24;1-2/h8,12-13,15,17-19H,1,7,9H2,2-6H3;. The topological polar surface area (TPSA) is 69.7 Å². The second-order valence-electron chi connectivity index (χ2n) is 9.56. The molecule has 0 amide bonds. The Labute approximate surface area is 201 Å². The van der Waals surface area contributed by atoms with Gasteiger partial charge in [-0.05, 0) is 43.9 Å². The third-order valence-corrected chi connectivity index (χ3v) is 7.35. The number of rotatable bonds is 2. The summed E-state index contributed by atoms with van der Waals surface area (Å²) in [5, 5.41) is 0. The average molecular weight is 638 g/mol. The fourth-order valence-corrected chi connectivity index (χ4v) is 6.18. The van der Waals surface area contributed by atoms with Gasteiger partial charge in [-0.25, -0.2) is 9.59 Å². The molecule has 2 fully saturated rings. The van der Waals surface area contributed by atoms with Gasteiger partial charge in [-0.15, -0.1) is 0 Å². The van der Waals surface area contributed by atoms with Gasteiger partial charge in [-0.3, -0.25) is 4.79 Å². The number of hydrogen-bond acceptors (Lipinski definition) is 5. The normalized spacial score (nSPS) is 35.9. The highest BCUT2D eigenvalue weighted by molar-refractivity contribution is 15.0. The summed E-state index contributed by atoms with van der Waals surface area (Å²) in [5.74, 6) is -2.15. The van der Waals surface area contributed by atoms with Gasteiger partial charge in [-0.1, -0.05) is 37.6 Å². The fraction of sp³-hybridized carbons (Fsp3) is 0.609. The molecule has 7 heteroatoms. The average Bonchev–Trinajstić information content (AvgIpc) is 3.04. The van der Waals surface area contributed by atoms with Crippen LogP contribution in [-0.2, 0) is 23.9 Å². The second-order valence-corrected chi connectivity index (χ2v) is 9.56. The van der Waals surface area contributed by atoms with Crippen molar-refractivity contribution in [3.8, 4) is 0 Å². The molecule has 1 saturated heterocycles. The van der Waals surface area contributed by atoms with Gasteiger partial charge >= 0.3 is 11.9 Å². The number of methoxy groups -OCH3 is 1. The van der Waals surface area contributed by atoms with Crippen molar-refractivity contribution in [2.24, 2.45) is 35.0 Å². The molecule has 1 saturated carbocycles. The van der Waals surface area contributed by atoms with Crippen LogP contribution in [0, 0.1) is 35.0 Å². The molecule has 5 nitrogen and oxygen atoms in total. The molecule has 4 rings (SSSR count). The lowest BCUT2D eigenvalue weighted by Crippen LogP contribution is -2.42. The van der Waals surface area contributed by atoms with E-state index < -0.39 is 11.9 Å². The number of allylic oxidation sites excluding steroid dienone is 3. The van der Waals surface area contributed by atoms with E-state index in [1.165, 1.54) is 7.11 Å². The summed E-state index contributed by atoms with van der Waals surface area (Å²) in [7, 11) is 1.35. The van der Waals surface area contributed by atoms with Crippen molar-refractivity contribution in [2.45, 2.75) is 46.6 Å². The van der Waals surface area contributed by atoms with Crippen LogP contribution in [0.4, 0.5) is 0 Å². The molecule has 0 bridgehead atoms. The predicted octanol–water partition coefficient (Wildman–Crippen LogP) is 5.17. The monoisotopic (exact) mass is 638 g/mol. The Morgan fingerprint density at radius 2 is 1.93 bits per heavy atom. The maximum atomic E-state index is 14.0. The number of carbonyl (C=O) groups is 3. The Hall–Kier alpha value is -0.710. The smallest absolute Gasteiger partial charge is 0.334 e. The molecular weight excluding hydrogens is 610 g/mol. The van der Waals surface area contributed by atoms with Crippen LogP contribution in [0.3, 0.4) is 0 Å². The zero-order chi connectivity index (χ0) is 22.5. The molecule has 0 radical (unpaired) electrons. The number of fused-ring (bicyclic) bond motifs is 1. The van der Waals surface area contributed by atoms with Gasteiger partial charge in [0, 0.05) is 60.2 Å². The van der Waals surface area contributed by atoms with Gasteiger partial charge in [0.2, 0.25) is 0 Å². The number of carbonyl (C=O) groups excluding carboxylic acids is 3. The van der Waals surface area contributed by atoms with E-state index in [9.17, 15) is 14.4 Å².